The number of nitrogens with zero attached hydrogens (tertiary/aromatic N) is 1. The summed E-state index contributed by atoms with van der Waals surface area (Å²) in [6.07, 6.45) is -8.52. The molecule has 1 nitrogen and oxygen atoms in total. The van der Waals surface area contributed by atoms with Crippen LogP contribution in [0.25, 0.3) is 0 Å². The molecule has 0 spiro atoms. The molecular weight excluding hydrogens is 553 g/mol. The Hall–Kier alpha value is -1.75. The van der Waals surface area contributed by atoms with Gasteiger partial charge in [-0.05, 0) is 0 Å². The minimum absolute atomic E-state index is 0. The molecule has 1 aromatic heterocycles. The SMILES string of the molecule is FC(F)(F)C(F)(F)C(F)(F)C(F)(F)C(F)(F)C(F)(F)C(F)(F)C(F)(F)CC[n+]1ccccc1.[Cl-]. The summed E-state index contributed by atoms with van der Waals surface area (Å²) in [5.74, 6) is -56.0. The third-order valence-electron chi connectivity index (χ3n) is 4.25. The third-order valence-corrected chi connectivity index (χ3v) is 4.25. The van der Waals surface area contributed by atoms with Crippen molar-refractivity contribution in [3.8, 4) is 0 Å². The molecule has 0 aliphatic rings. The maximum absolute atomic E-state index is 13.7. The van der Waals surface area contributed by atoms with E-state index in [1.54, 1.807) is 0 Å². The van der Waals surface area contributed by atoms with Gasteiger partial charge in [0.25, 0.3) is 0 Å². The Bertz CT molecular complexity index is 818. The quantitative estimate of drug-likeness (QED) is 0.322. The molecule has 1 rings (SSSR count). The molecule has 0 aliphatic heterocycles. The van der Waals surface area contributed by atoms with Crippen molar-refractivity contribution >= 4 is 0 Å². The number of rotatable bonds is 9. The molecule has 0 N–H and O–H groups in total. The van der Waals surface area contributed by atoms with E-state index in [4.69, 9.17) is 0 Å². The summed E-state index contributed by atoms with van der Waals surface area (Å²) in [6.45, 7) is -1.36. The molecule has 0 saturated carbocycles. The molecular formula is C15H9ClF17N. The highest BCUT2D eigenvalue weighted by molar-refractivity contribution is 5.15. The second kappa shape index (κ2) is 9.04. The summed E-state index contributed by atoms with van der Waals surface area (Å²) in [4.78, 5) is 0. The van der Waals surface area contributed by atoms with Crippen LogP contribution in [0.2, 0.25) is 0 Å². The Balaban J connectivity index is 0.0000109. The van der Waals surface area contributed by atoms with Gasteiger partial charge in [0.15, 0.2) is 18.9 Å². The highest BCUT2D eigenvalue weighted by Gasteiger charge is 2.95. The predicted octanol–water partition coefficient (Wildman–Crippen LogP) is 3.38. The second-order valence-corrected chi connectivity index (χ2v) is 6.51. The number of aromatic nitrogens is 1. The van der Waals surface area contributed by atoms with Crippen LogP contribution in [0.15, 0.2) is 30.6 Å². The van der Waals surface area contributed by atoms with Crippen molar-refractivity contribution in [3.05, 3.63) is 30.6 Å². The normalized spacial score (nSPS) is 15.2. The molecule has 0 bridgehead atoms. The number of alkyl halides is 17. The van der Waals surface area contributed by atoms with Crippen LogP contribution in [0.5, 0.6) is 0 Å². The van der Waals surface area contributed by atoms with Gasteiger partial charge in [0.05, 0.1) is 6.42 Å². The van der Waals surface area contributed by atoms with Gasteiger partial charge in [-0.1, -0.05) is 6.07 Å². The Morgan fingerprint density at radius 1 is 0.441 bits per heavy atom. The molecule has 0 saturated heterocycles. The van der Waals surface area contributed by atoms with Crippen LogP contribution < -0.4 is 17.0 Å². The third kappa shape index (κ3) is 4.57. The van der Waals surface area contributed by atoms with Crippen molar-refractivity contribution in [2.45, 2.75) is 60.6 Å². The maximum Gasteiger partial charge on any atom is 0.460 e. The first-order valence-corrected chi connectivity index (χ1v) is 7.98. The number of aryl methyl sites for hydroxylation is 1. The summed E-state index contributed by atoms with van der Waals surface area (Å²) in [5.41, 5.74) is 0. The van der Waals surface area contributed by atoms with Crippen LogP contribution in [0.3, 0.4) is 0 Å². The van der Waals surface area contributed by atoms with Crippen molar-refractivity contribution in [1.82, 2.24) is 0 Å². The number of hydrogen-bond donors (Lipinski definition) is 0. The largest absolute Gasteiger partial charge is 1.00 e. The monoisotopic (exact) mass is 561 g/mol. The molecule has 0 aromatic carbocycles. The smallest absolute Gasteiger partial charge is 0.460 e. The molecule has 0 atom stereocenters. The average Bonchev–Trinajstić information content (AvgIpc) is 2.65. The summed E-state index contributed by atoms with van der Waals surface area (Å²) < 4.78 is 223. The van der Waals surface area contributed by atoms with Crippen molar-refractivity contribution in [3.63, 3.8) is 0 Å². The first-order valence-electron chi connectivity index (χ1n) is 7.98. The van der Waals surface area contributed by atoms with E-state index in [1.807, 2.05) is 0 Å². The summed E-state index contributed by atoms with van der Waals surface area (Å²) in [5, 5.41) is 0. The number of pyridine rings is 1. The lowest BCUT2D eigenvalue weighted by Crippen LogP contribution is -3.00. The Morgan fingerprint density at radius 2 is 0.765 bits per heavy atom. The molecule has 34 heavy (non-hydrogen) atoms. The topological polar surface area (TPSA) is 3.88 Å². The van der Waals surface area contributed by atoms with Crippen molar-refractivity contribution in [2.75, 3.05) is 0 Å². The fraction of sp³-hybridized carbons (Fsp3) is 0.667. The standard InChI is InChI=1S/C15H9F17N.ClH/c16-8(17,4-7-33-5-2-1-3-6-33)9(18,19)10(20,21)11(22,23)12(24,25)13(26,27)14(28,29)15(30,31)32;/h1-3,5-6H,4,7H2;1H/q+1;/p-1. The van der Waals surface area contributed by atoms with E-state index >= 15 is 0 Å². The van der Waals surface area contributed by atoms with Crippen LogP contribution in [0.1, 0.15) is 6.42 Å². The van der Waals surface area contributed by atoms with Crippen LogP contribution in [0, 0.1) is 0 Å². The van der Waals surface area contributed by atoms with E-state index in [2.05, 4.69) is 0 Å². The van der Waals surface area contributed by atoms with Gasteiger partial charge >= 0.3 is 47.6 Å². The molecule has 0 radical (unpaired) electrons. The summed E-state index contributed by atoms with van der Waals surface area (Å²) >= 11 is 0. The van der Waals surface area contributed by atoms with Crippen molar-refractivity contribution in [1.29, 1.82) is 0 Å². The first kappa shape index (κ1) is 32.2. The number of hydrogen-bond acceptors (Lipinski definition) is 0. The molecule has 1 aromatic rings. The fourth-order valence-electron chi connectivity index (χ4n) is 2.21. The van der Waals surface area contributed by atoms with Crippen LogP contribution in [0.4, 0.5) is 74.6 Å². The lowest BCUT2D eigenvalue weighted by atomic mass is 9.88. The Morgan fingerprint density at radius 3 is 1.12 bits per heavy atom. The zero-order valence-electron chi connectivity index (χ0n) is 15.6. The Labute approximate surface area is 183 Å². The van der Waals surface area contributed by atoms with Crippen LogP contribution in [-0.4, -0.2) is 47.6 Å². The van der Waals surface area contributed by atoms with Gasteiger partial charge in [0, 0.05) is 12.1 Å². The van der Waals surface area contributed by atoms with Crippen molar-refractivity contribution in [2.24, 2.45) is 0 Å². The van der Waals surface area contributed by atoms with Gasteiger partial charge in [-0.25, -0.2) is 4.57 Å². The first-order chi connectivity index (χ1) is 14.3. The zero-order chi connectivity index (χ0) is 26.5. The highest BCUT2D eigenvalue weighted by Crippen LogP contribution is 2.64. The maximum atomic E-state index is 13.7. The lowest BCUT2D eigenvalue weighted by molar-refractivity contribution is -0.700. The molecule has 0 fully saturated rings. The molecule has 0 aliphatic carbocycles. The van der Waals surface area contributed by atoms with E-state index < -0.39 is 60.6 Å². The van der Waals surface area contributed by atoms with E-state index in [1.165, 1.54) is 6.07 Å². The van der Waals surface area contributed by atoms with Crippen LogP contribution in [-0.2, 0) is 6.54 Å². The molecule has 0 unspecified atom stereocenters. The van der Waals surface area contributed by atoms with E-state index in [-0.39, 0.29) is 12.4 Å². The lowest BCUT2D eigenvalue weighted by Gasteiger charge is -2.42. The molecule has 19 heteroatoms. The number of halogens is 18. The minimum atomic E-state index is -8.60. The van der Waals surface area contributed by atoms with Crippen LogP contribution >= 0.6 is 0 Å². The van der Waals surface area contributed by atoms with E-state index in [0.29, 0.717) is 4.57 Å². The van der Waals surface area contributed by atoms with Gasteiger partial charge < -0.3 is 12.4 Å². The predicted molar refractivity (Wildman–Crippen MR) is 71.9 cm³/mol. The Kier molecular flexibility index (Phi) is 8.57. The van der Waals surface area contributed by atoms with Gasteiger partial charge in [-0.15, -0.1) is 0 Å². The van der Waals surface area contributed by atoms with Gasteiger partial charge in [-0.2, -0.15) is 74.6 Å². The molecule has 1 heterocycles. The van der Waals surface area contributed by atoms with E-state index in [0.717, 1.165) is 24.5 Å². The molecule has 200 valence electrons. The van der Waals surface area contributed by atoms with Gasteiger partial charge in [0.2, 0.25) is 0 Å². The van der Waals surface area contributed by atoms with Crippen molar-refractivity contribution < 1.29 is 91.6 Å². The van der Waals surface area contributed by atoms with Gasteiger partial charge in [-0.3, -0.25) is 0 Å². The summed E-state index contributed by atoms with van der Waals surface area (Å²) in [6, 6.07) is 3.42. The average molecular weight is 562 g/mol. The molecule has 0 amide bonds. The van der Waals surface area contributed by atoms with E-state index in [9.17, 15) is 74.6 Å². The summed E-state index contributed by atoms with van der Waals surface area (Å²) in [7, 11) is 0. The highest BCUT2D eigenvalue weighted by atomic mass is 35.5. The minimum Gasteiger partial charge on any atom is -1.00 e. The zero-order valence-corrected chi connectivity index (χ0v) is 16.3. The second-order valence-electron chi connectivity index (χ2n) is 6.51. The fourth-order valence-corrected chi connectivity index (χ4v) is 2.21. The van der Waals surface area contributed by atoms with Gasteiger partial charge in [0.1, 0.15) is 0 Å².